The normalized spacial score (nSPS) is 14.5. The molecule has 0 bridgehead atoms. The third kappa shape index (κ3) is 5.89. The second-order valence-electron chi connectivity index (χ2n) is 7.25. The molecule has 1 unspecified atom stereocenters. The van der Waals surface area contributed by atoms with E-state index < -0.39 is 0 Å². The molecule has 1 amide bonds. The van der Waals surface area contributed by atoms with Crippen LogP contribution >= 0.6 is 0 Å². The molecule has 0 aromatic heterocycles. The van der Waals surface area contributed by atoms with Crippen LogP contribution in [-0.4, -0.2) is 56.7 Å². The van der Waals surface area contributed by atoms with Crippen LogP contribution in [0.15, 0.2) is 53.5 Å². The average Bonchev–Trinajstić information content (AvgIpc) is 2.78. The highest BCUT2D eigenvalue weighted by Crippen LogP contribution is 2.20. The van der Waals surface area contributed by atoms with E-state index in [4.69, 9.17) is 9.47 Å². The summed E-state index contributed by atoms with van der Waals surface area (Å²) in [5.41, 5.74) is 2.56. The van der Waals surface area contributed by atoms with Crippen molar-refractivity contribution in [3.05, 3.63) is 59.7 Å². The van der Waals surface area contributed by atoms with E-state index in [1.54, 1.807) is 14.2 Å². The number of methoxy groups -OCH3 is 1. The summed E-state index contributed by atoms with van der Waals surface area (Å²) in [6.07, 6.45) is 0.804. The van der Waals surface area contributed by atoms with E-state index in [1.807, 2.05) is 48.2 Å². The van der Waals surface area contributed by atoms with Crippen molar-refractivity contribution in [3.8, 4) is 11.5 Å². The molecule has 7 nitrogen and oxygen atoms in total. The van der Waals surface area contributed by atoms with Gasteiger partial charge in [-0.2, -0.15) is 0 Å². The number of nitrogens with zero attached hydrogens (tertiary/aromatic N) is 2. The number of ether oxygens (including phenoxy) is 2. The molecule has 160 valence electrons. The smallest absolute Gasteiger partial charge is 0.242 e. The lowest BCUT2D eigenvalue weighted by atomic mass is 10.00. The van der Waals surface area contributed by atoms with E-state index in [-0.39, 0.29) is 18.6 Å². The van der Waals surface area contributed by atoms with Crippen molar-refractivity contribution in [1.82, 2.24) is 15.5 Å². The fourth-order valence-electron chi connectivity index (χ4n) is 3.39. The van der Waals surface area contributed by atoms with E-state index in [0.29, 0.717) is 19.0 Å². The van der Waals surface area contributed by atoms with Crippen LogP contribution in [0.1, 0.15) is 18.1 Å². The minimum absolute atomic E-state index is 0.0631. The molecule has 1 aliphatic heterocycles. The molecular formula is C23H30N4O3. The largest absolute Gasteiger partial charge is 0.497 e. The number of rotatable bonds is 7. The molecule has 0 aliphatic carbocycles. The number of carbonyl (C=O) groups is 1. The number of aliphatic imine (C=N–C) groups is 1. The molecule has 2 N–H and O–H groups in total. The number of amides is 1. The molecule has 1 heterocycles. The van der Waals surface area contributed by atoms with Crippen molar-refractivity contribution < 1.29 is 14.3 Å². The summed E-state index contributed by atoms with van der Waals surface area (Å²) in [7, 11) is 3.31. The number of fused-ring (bicyclic) bond motifs is 1. The first-order valence-electron chi connectivity index (χ1n) is 10.2. The lowest BCUT2D eigenvalue weighted by Gasteiger charge is -2.29. The molecule has 2 aromatic carbocycles. The third-order valence-corrected chi connectivity index (χ3v) is 5.05. The van der Waals surface area contributed by atoms with Crippen molar-refractivity contribution >= 4 is 11.9 Å². The Morgan fingerprint density at radius 2 is 1.90 bits per heavy atom. The van der Waals surface area contributed by atoms with E-state index >= 15 is 0 Å². The highest BCUT2D eigenvalue weighted by molar-refractivity contribution is 5.86. The van der Waals surface area contributed by atoms with Gasteiger partial charge in [-0.05, 0) is 36.6 Å². The van der Waals surface area contributed by atoms with Gasteiger partial charge in [-0.3, -0.25) is 9.79 Å². The highest BCUT2D eigenvalue weighted by Gasteiger charge is 2.20. The number of hydrogen-bond acceptors (Lipinski definition) is 4. The summed E-state index contributed by atoms with van der Waals surface area (Å²) in [5.74, 6) is 2.13. The van der Waals surface area contributed by atoms with Crippen molar-refractivity contribution in [2.24, 2.45) is 4.99 Å². The lowest BCUT2D eigenvalue weighted by molar-refractivity contribution is -0.130. The van der Waals surface area contributed by atoms with Gasteiger partial charge in [0.2, 0.25) is 5.91 Å². The van der Waals surface area contributed by atoms with Crippen molar-refractivity contribution in [2.75, 3.05) is 33.8 Å². The molecule has 0 fully saturated rings. The van der Waals surface area contributed by atoms with Crippen molar-refractivity contribution in [1.29, 1.82) is 0 Å². The van der Waals surface area contributed by atoms with E-state index in [2.05, 4.69) is 27.8 Å². The van der Waals surface area contributed by atoms with Crippen LogP contribution in [0.2, 0.25) is 0 Å². The van der Waals surface area contributed by atoms with Gasteiger partial charge in [0.15, 0.2) is 5.96 Å². The van der Waals surface area contributed by atoms with Crippen LogP contribution in [0, 0.1) is 0 Å². The average molecular weight is 411 g/mol. The van der Waals surface area contributed by atoms with Gasteiger partial charge in [-0.15, -0.1) is 0 Å². The van der Waals surface area contributed by atoms with Gasteiger partial charge in [0.05, 0.1) is 20.2 Å². The molecule has 30 heavy (non-hydrogen) atoms. The zero-order valence-electron chi connectivity index (χ0n) is 17.9. The first kappa shape index (κ1) is 21.5. The van der Waals surface area contributed by atoms with Gasteiger partial charge in [0, 0.05) is 26.2 Å². The third-order valence-electron chi connectivity index (χ3n) is 5.05. The Morgan fingerprint density at radius 1 is 1.13 bits per heavy atom. The van der Waals surface area contributed by atoms with Crippen LogP contribution in [0.4, 0.5) is 0 Å². The first-order chi connectivity index (χ1) is 14.6. The summed E-state index contributed by atoms with van der Waals surface area (Å²) < 4.78 is 11.1. The summed E-state index contributed by atoms with van der Waals surface area (Å²) in [6.45, 7) is 4.12. The molecule has 0 saturated heterocycles. The van der Waals surface area contributed by atoms with Gasteiger partial charge >= 0.3 is 0 Å². The van der Waals surface area contributed by atoms with Crippen molar-refractivity contribution in [3.63, 3.8) is 0 Å². The van der Waals surface area contributed by atoms with E-state index in [0.717, 1.165) is 24.5 Å². The quantitative estimate of drug-likeness (QED) is 0.541. The van der Waals surface area contributed by atoms with Gasteiger partial charge in [0.25, 0.3) is 0 Å². The first-order valence-corrected chi connectivity index (χ1v) is 10.2. The molecule has 1 atom stereocenters. The molecule has 0 saturated carbocycles. The van der Waals surface area contributed by atoms with Crippen molar-refractivity contribution in [2.45, 2.75) is 26.0 Å². The lowest BCUT2D eigenvalue weighted by Crippen LogP contribution is -2.47. The number of carbonyl (C=O) groups excluding carboxylic acids is 1. The number of nitrogens with one attached hydrogen (secondary N) is 2. The summed E-state index contributed by atoms with van der Waals surface area (Å²) in [5, 5.41) is 6.30. The van der Waals surface area contributed by atoms with Gasteiger partial charge < -0.3 is 25.0 Å². The SMILES string of the molecule is CN=C(NCC(=O)N1CCc2ccccc2C1)NCC(C)Oc1cccc(OC)c1. The van der Waals surface area contributed by atoms with E-state index in [1.165, 1.54) is 11.1 Å². The van der Waals surface area contributed by atoms with E-state index in [9.17, 15) is 4.79 Å². The molecule has 0 radical (unpaired) electrons. The predicted molar refractivity (Wildman–Crippen MR) is 118 cm³/mol. The maximum absolute atomic E-state index is 12.6. The Hall–Kier alpha value is -3.22. The maximum Gasteiger partial charge on any atom is 0.242 e. The summed E-state index contributed by atoms with van der Waals surface area (Å²) in [4.78, 5) is 18.7. The predicted octanol–water partition coefficient (Wildman–Crippen LogP) is 2.21. The van der Waals surface area contributed by atoms with Gasteiger partial charge in [-0.1, -0.05) is 30.3 Å². The minimum Gasteiger partial charge on any atom is -0.497 e. The van der Waals surface area contributed by atoms with Crippen LogP contribution in [-0.2, 0) is 17.8 Å². The summed E-state index contributed by atoms with van der Waals surface area (Å²) in [6, 6.07) is 15.8. The fraction of sp³-hybridized carbons (Fsp3) is 0.391. The zero-order chi connectivity index (χ0) is 21.3. The monoisotopic (exact) mass is 410 g/mol. The molecule has 3 rings (SSSR count). The highest BCUT2D eigenvalue weighted by atomic mass is 16.5. The Labute approximate surface area is 178 Å². The molecule has 0 spiro atoms. The van der Waals surface area contributed by atoms with Gasteiger partial charge in [0.1, 0.15) is 17.6 Å². The standard InChI is InChI=1S/C23H30N4O3/c1-17(30-21-10-6-9-20(13-21)29-3)14-25-23(24-2)26-15-22(28)27-12-11-18-7-4-5-8-19(18)16-27/h4-10,13,17H,11-12,14-16H2,1-3H3,(H2,24,25,26). The Kier molecular flexibility index (Phi) is 7.54. The number of benzene rings is 2. The van der Waals surface area contributed by atoms with Crippen LogP contribution in [0.3, 0.4) is 0 Å². The maximum atomic E-state index is 12.6. The second-order valence-corrected chi connectivity index (χ2v) is 7.25. The minimum atomic E-state index is -0.0926. The molecule has 7 heteroatoms. The second kappa shape index (κ2) is 10.5. The Bertz CT molecular complexity index is 884. The molecule has 2 aromatic rings. The zero-order valence-corrected chi connectivity index (χ0v) is 17.9. The summed E-state index contributed by atoms with van der Waals surface area (Å²) >= 11 is 0. The molecule has 1 aliphatic rings. The Balaban J connectivity index is 1.42. The topological polar surface area (TPSA) is 75.2 Å². The number of hydrogen-bond donors (Lipinski definition) is 2. The van der Waals surface area contributed by atoms with Crippen LogP contribution in [0.25, 0.3) is 0 Å². The molecular weight excluding hydrogens is 380 g/mol. The fourth-order valence-corrected chi connectivity index (χ4v) is 3.39. The van der Waals surface area contributed by atoms with Crippen LogP contribution in [0.5, 0.6) is 11.5 Å². The van der Waals surface area contributed by atoms with Crippen LogP contribution < -0.4 is 20.1 Å². The number of guanidine groups is 1. The Morgan fingerprint density at radius 3 is 2.67 bits per heavy atom. The van der Waals surface area contributed by atoms with Gasteiger partial charge in [-0.25, -0.2) is 0 Å².